The summed E-state index contributed by atoms with van der Waals surface area (Å²) in [5.74, 6) is -0.284. The minimum absolute atomic E-state index is 0. The second-order valence-corrected chi connectivity index (χ2v) is 6.26. The lowest BCUT2D eigenvalue weighted by molar-refractivity contribution is 0.102. The Morgan fingerprint density at radius 1 is 1.27 bits per heavy atom. The molecule has 1 fully saturated rings. The molecule has 0 unspecified atom stereocenters. The average Bonchev–Trinajstić information content (AvgIpc) is 3.38. The van der Waals surface area contributed by atoms with E-state index < -0.39 is 5.82 Å². The zero-order valence-corrected chi connectivity index (χ0v) is 15.0. The Bertz CT molecular complexity index is 938. The van der Waals surface area contributed by atoms with Crippen LogP contribution in [-0.2, 0) is 0 Å². The molecule has 26 heavy (non-hydrogen) atoms. The first-order chi connectivity index (χ1) is 12.1. The predicted octanol–water partition coefficient (Wildman–Crippen LogP) is 4.27. The molecule has 4 rings (SSSR count). The van der Waals surface area contributed by atoms with Gasteiger partial charge in [0.1, 0.15) is 5.69 Å². The van der Waals surface area contributed by atoms with Crippen molar-refractivity contribution < 1.29 is 9.18 Å². The first-order valence-electron chi connectivity index (χ1n) is 8.19. The Kier molecular flexibility index (Phi) is 5.04. The molecule has 1 aliphatic carbocycles. The fourth-order valence-corrected chi connectivity index (χ4v) is 2.84. The average molecular weight is 373 g/mol. The molecule has 0 radical (unpaired) electrons. The number of hydrogen-bond donors (Lipinski definition) is 1. The van der Waals surface area contributed by atoms with Crippen molar-refractivity contribution in [3.05, 3.63) is 71.6 Å². The number of hydrogen-bond acceptors (Lipinski definition) is 3. The van der Waals surface area contributed by atoms with Gasteiger partial charge < -0.3 is 5.32 Å². The third kappa shape index (κ3) is 3.60. The first kappa shape index (κ1) is 18.1. The number of nitrogens with zero attached hydrogens (tertiary/aromatic N) is 3. The van der Waals surface area contributed by atoms with Gasteiger partial charge in [0.15, 0.2) is 5.82 Å². The summed E-state index contributed by atoms with van der Waals surface area (Å²) < 4.78 is 16.3. The van der Waals surface area contributed by atoms with Crippen LogP contribution in [0.15, 0.2) is 48.8 Å². The Labute approximate surface area is 156 Å². The third-order valence-electron chi connectivity index (χ3n) is 4.21. The molecule has 3 aromatic rings. The summed E-state index contributed by atoms with van der Waals surface area (Å²) in [4.78, 5) is 16.1. The molecule has 1 aromatic carbocycles. The van der Waals surface area contributed by atoms with E-state index in [9.17, 15) is 9.18 Å². The van der Waals surface area contributed by atoms with Crippen molar-refractivity contribution in [1.29, 1.82) is 0 Å². The standard InChI is InChI=1S/C19H17FN4O.ClH/c1-12-9-18(13-4-5-13)24(23-12)17-7-6-15(10-16(17)20)22-19(25)14-3-2-8-21-11-14;/h2-3,6-11,13H,4-5H2,1H3,(H,22,25);1H. The molecule has 134 valence electrons. The number of aryl methyl sites for hydroxylation is 1. The predicted molar refractivity (Wildman–Crippen MR) is 99.7 cm³/mol. The molecule has 1 saturated carbocycles. The maximum atomic E-state index is 14.6. The van der Waals surface area contributed by atoms with E-state index in [0.29, 0.717) is 22.9 Å². The Balaban J connectivity index is 0.00000196. The number of amides is 1. The summed E-state index contributed by atoms with van der Waals surface area (Å²) in [6.07, 6.45) is 5.29. The highest BCUT2D eigenvalue weighted by Gasteiger charge is 2.28. The van der Waals surface area contributed by atoms with Gasteiger partial charge in [-0.2, -0.15) is 5.10 Å². The molecule has 5 nitrogen and oxygen atoms in total. The molecule has 1 amide bonds. The number of benzene rings is 1. The molecule has 0 saturated heterocycles. The van der Waals surface area contributed by atoms with Crippen LogP contribution in [0.4, 0.5) is 10.1 Å². The maximum absolute atomic E-state index is 14.6. The van der Waals surface area contributed by atoms with Crippen molar-refractivity contribution >= 4 is 24.0 Å². The zero-order chi connectivity index (χ0) is 17.4. The lowest BCUT2D eigenvalue weighted by atomic mass is 10.2. The lowest BCUT2D eigenvalue weighted by Gasteiger charge is -2.10. The Hall–Kier alpha value is -2.73. The van der Waals surface area contributed by atoms with Gasteiger partial charge in [0.05, 0.1) is 11.3 Å². The maximum Gasteiger partial charge on any atom is 0.257 e. The quantitative estimate of drug-likeness (QED) is 0.744. The smallest absolute Gasteiger partial charge is 0.257 e. The van der Waals surface area contributed by atoms with E-state index in [-0.39, 0.29) is 18.3 Å². The molecule has 2 aromatic heterocycles. The van der Waals surface area contributed by atoms with Crippen molar-refractivity contribution in [3.63, 3.8) is 0 Å². The fraction of sp³-hybridized carbons (Fsp3) is 0.211. The number of pyridine rings is 1. The number of carbonyl (C=O) groups is 1. The van der Waals surface area contributed by atoms with Crippen molar-refractivity contribution in [2.24, 2.45) is 0 Å². The SMILES string of the molecule is Cc1cc(C2CC2)n(-c2ccc(NC(=O)c3cccnc3)cc2F)n1.Cl. The van der Waals surface area contributed by atoms with Gasteiger partial charge in [-0.1, -0.05) is 0 Å². The molecule has 0 bridgehead atoms. The monoisotopic (exact) mass is 372 g/mol. The normalized spacial score (nSPS) is 13.2. The molecule has 2 heterocycles. The van der Waals surface area contributed by atoms with E-state index in [2.05, 4.69) is 15.4 Å². The number of carbonyl (C=O) groups excluding carboxylic acids is 1. The molecule has 0 spiro atoms. The van der Waals surface area contributed by atoms with E-state index in [1.165, 1.54) is 12.3 Å². The van der Waals surface area contributed by atoms with Gasteiger partial charge in [0.25, 0.3) is 5.91 Å². The molecule has 1 aliphatic rings. The summed E-state index contributed by atoms with van der Waals surface area (Å²) in [7, 11) is 0. The van der Waals surface area contributed by atoms with Crippen molar-refractivity contribution in [3.8, 4) is 5.69 Å². The van der Waals surface area contributed by atoms with Crippen molar-refractivity contribution in [2.75, 3.05) is 5.32 Å². The molecule has 1 N–H and O–H groups in total. The van der Waals surface area contributed by atoms with Crippen LogP contribution >= 0.6 is 12.4 Å². The lowest BCUT2D eigenvalue weighted by Crippen LogP contribution is -2.12. The van der Waals surface area contributed by atoms with Crippen LogP contribution in [0, 0.1) is 12.7 Å². The minimum Gasteiger partial charge on any atom is -0.322 e. The second-order valence-electron chi connectivity index (χ2n) is 6.26. The van der Waals surface area contributed by atoms with Gasteiger partial charge in [0, 0.05) is 29.7 Å². The van der Waals surface area contributed by atoms with Crippen molar-refractivity contribution in [1.82, 2.24) is 14.8 Å². The largest absolute Gasteiger partial charge is 0.322 e. The summed E-state index contributed by atoms with van der Waals surface area (Å²) in [6, 6.07) is 9.99. The fourth-order valence-electron chi connectivity index (χ4n) is 2.84. The van der Waals surface area contributed by atoms with Gasteiger partial charge in [-0.05, 0) is 56.2 Å². The topological polar surface area (TPSA) is 59.8 Å². The zero-order valence-electron chi connectivity index (χ0n) is 14.1. The molecular formula is C19H18ClFN4O. The van der Waals surface area contributed by atoms with E-state index >= 15 is 0 Å². The minimum atomic E-state index is -0.422. The Morgan fingerprint density at radius 2 is 2.08 bits per heavy atom. The second kappa shape index (κ2) is 7.25. The third-order valence-corrected chi connectivity index (χ3v) is 4.21. The van der Waals surface area contributed by atoms with E-state index in [0.717, 1.165) is 24.2 Å². The number of nitrogens with one attached hydrogen (secondary N) is 1. The molecule has 7 heteroatoms. The van der Waals surface area contributed by atoms with E-state index in [1.807, 2.05) is 13.0 Å². The summed E-state index contributed by atoms with van der Waals surface area (Å²) in [5.41, 5.74) is 3.13. The van der Waals surface area contributed by atoms with Crippen LogP contribution in [0.2, 0.25) is 0 Å². The van der Waals surface area contributed by atoms with Gasteiger partial charge in [-0.15, -0.1) is 12.4 Å². The highest BCUT2D eigenvalue weighted by molar-refractivity contribution is 6.04. The van der Waals surface area contributed by atoms with E-state index in [4.69, 9.17) is 0 Å². The summed E-state index contributed by atoms with van der Waals surface area (Å²) in [5, 5.41) is 7.11. The molecule has 0 atom stereocenters. The van der Waals surface area contributed by atoms with Crippen LogP contribution in [0.3, 0.4) is 0 Å². The van der Waals surface area contributed by atoms with Crippen LogP contribution in [0.1, 0.15) is 40.5 Å². The van der Waals surface area contributed by atoms with Gasteiger partial charge in [-0.25, -0.2) is 9.07 Å². The van der Waals surface area contributed by atoms with Gasteiger partial charge in [0.2, 0.25) is 0 Å². The molecule has 0 aliphatic heterocycles. The number of anilines is 1. The Morgan fingerprint density at radius 3 is 2.73 bits per heavy atom. The van der Waals surface area contributed by atoms with Crippen LogP contribution < -0.4 is 5.32 Å². The number of rotatable bonds is 4. The van der Waals surface area contributed by atoms with Gasteiger partial charge >= 0.3 is 0 Å². The van der Waals surface area contributed by atoms with Gasteiger partial charge in [-0.3, -0.25) is 9.78 Å². The first-order valence-corrected chi connectivity index (χ1v) is 8.19. The van der Waals surface area contributed by atoms with Crippen LogP contribution in [-0.4, -0.2) is 20.7 Å². The highest BCUT2D eigenvalue weighted by atomic mass is 35.5. The summed E-state index contributed by atoms with van der Waals surface area (Å²) in [6.45, 7) is 1.91. The highest BCUT2D eigenvalue weighted by Crippen LogP contribution is 2.41. The number of aromatic nitrogens is 3. The van der Waals surface area contributed by atoms with Crippen LogP contribution in [0.5, 0.6) is 0 Å². The van der Waals surface area contributed by atoms with E-state index in [1.54, 1.807) is 35.1 Å². The van der Waals surface area contributed by atoms with Crippen molar-refractivity contribution in [2.45, 2.75) is 25.7 Å². The number of halogens is 2. The molecular weight excluding hydrogens is 355 g/mol. The van der Waals surface area contributed by atoms with Crippen LogP contribution in [0.25, 0.3) is 5.69 Å². The summed E-state index contributed by atoms with van der Waals surface area (Å²) >= 11 is 0.